The van der Waals surface area contributed by atoms with Crippen LogP contribution < -0.4 is 4.74 Å². The number of hydrogen-bond acceptors (Lipinski definition) is 6. The number of likely N-dealkylation sites (tertiary alicyclic amines) is 1. The van der Waals surface area contributed by atoms with Gasteiger partial charge in [0.25, 0.3) is 11.7 Å². The van der Waals surface area contributed by atoms with Crippen molar-refractivity contribution in [1.82, 2.24) is 9.80 Å². The van der Waals surface area contributed by atoms with Crippen molar-refractivity contribution in [3.8, 4) is 5.75 Å². The molecule has 0 aromatic heterocycles. The first kappa shape index (κ1) is 26.5. The van der Waals surface area contributed by atoms with Gasteiger partial charge < -0.3 is 19.5 Å². The van der Waals surface area contributed by atoms with E-state index in [9.17, 15) is 14.7 Å². The van der Waals surface area contributed by atoms with Crippen LogP contribution in [0.2, 0.25) is 10.0 Å². The van der Waals surface area contributed by atoms with Crippen LogP contribution in [-0.4, -0.2) is 72.6 Å². The minimum atomic E-state index is -0.840. The number of carbonyl (C=O) groups is 2. The number of amides is 1. The number of nitrogens with zero attached hydrogens (tertiary/aromatic N) is 2. The van der Waals surface area contributed by atoms with E-state index in [1.807, 2.05) is 0 Å². The smallest absolute Gasteiger partial charge is 0.295 e. The second kappa shape index (κ2) is 11.6. The van der Waals surface area contributed by atoms with Crippen LogP contribution in [0.5, 0.6) is 5.75 Å². The molecule has 192 valence electrons. The van der Waals surface area contributed by atoms with Crippen molar-refractivity contribution < 1.29 is 24.2 Å². The molecule has 9 heteroatoms. The fourth-order valence-corrected chi connectivity index (χ4v) is 4.87. The van der Waals surface area contributed by atoms with Crippen molar-refractivity contribution in [1.29, 1.82) is 0 Å². The van der Waals surface area contributed by atoms with Gasteiger partial charge in [0.15, 0.2) is 0 Å². The molecule has 2 heterocycles. The predicted octanol–water partition coefficient (Wildman–Crippen LogP) is 4.78. The molecular formula is C27H30Cl2N2O5. The average molecular weight is 533 g/mol. The zero-order valence-corrected chi connectivity index (χ0v) is 21.9. The highest BCUT2D eigenvalue weighted by molar-refractivity contribution is 6.47. The fraction of sp³-hybridized carbons (Fsp3) is 0.407. The lowest BCUT2D eigenvalue weighted by molar-refractivity contribution is -0.140. The Morgan fingerprint density at radius 2 is 1.78 bits per heavy atom. The Morgan fingerprint density at radius 1 is 1.08 bits per heavy atom. The Kier molecular flexibility index (Phi) is 8.57. The minimum Gasteiger partial charge on any atom is -0.507 e. The molecule has 0 saturated carbocycles. The normalized spacial score (nSPS) is 20.4. The van der Waals surface area contributed by atoms with Crippen LogP contribution in [0.3, 0.4) is 0 Å². The summed E-state index contributed by atoms with van der Waals surface area (Å²) in [6.07, 6.45) is 0. The highest BCUT2D eigenvalue weighted by Crippen LogP contribution is 2.42. The van der Waals surface area contributed by atoms with Gasteiger partial charge in [-0.15, -0.1) is 0 Å². The summed E-state index contributed by atoms with van der Waals surface area (Å²) in [6.45, 7) is 8.30. The van der Waals surface area contributed by atoms with Gasteiger partial charge in [0.1, 0.15) is 11.5 Å². The van der Waals surface area contributed by atoms with Crippen molar-refractivity contribution in [2.24, 2.45) is 5.92 Å². The lowest BCUT2D eigenvalue weighted by Gasteiger charge is -2.31. The van der Waals surface area contributed by atoms with Gasteiger partial charge in [-0.1, -0.05) is 43.1 Å². The number of carbonyl (C=O) groups excluding carboxylic acids is 2. The number of aliphatic hydroxyl groups excluding tert-OH is 1. The van der Waals surface area contributed by atoms with E-state index >= 15 is 0 Å². The molecule has 0 radical (unpaired) electrons. The maximum Gasteiger partial charge on any atom is 0.295 e. The highest BCUT2D eigenvalue weighted by atomic mass is 35.5. The molecule has 1 unspecified atom stereocenters. The van der Waals surface area contributed by atoms with Gasteiger partial charge in [0.2, 0.25) is 0 Å². The Labute approximate surface area is 221 Å². The van der Waals surface area contributed by atoms with Crippen LogP contribution >= 0.6 is 23.2 Å². The van der Waals surface area contributed by atoms with Crippen LogP contribution in [0.25, 0.3) is 5.76 Å². The molecular weight excluding hydrogens is 503 g/mol. The molecule has 36 heavy (non-hydrogen) atoms. The summed E-state index contributed by atoms with van der Waals surface area (Å²) in [4.78, 5) is 30.1. The van der Waals surface area contributed by atoms with Gasteiger partial charge >= 0.3 is 0 Å². The number of halogens is 2. The van der Waals surface area contributed by atoms with E-state index in [2.05, 4.69) is 18.7 Å². The second-order valence-corrected chi connectivity index (χ2v) is 10.2. The van der Waals surface area contributed by atoms with Crippen molar-refractivity contribution >= 4 is 40.7 Å². The molecule has 2 aromatic rings. The molecule has 1 N–H and O–H groups in total. The van der Waals surface area contributed by atoms with E-state index in [1.54, 1.807) is 42.5 Å². The average Bonchev–Trinajstić information content (AvgIpc) is 3.11. The molecule has 2 aliphatic heterocycles. The second-order valence-electron chi connectivity index (χ2n) is 9.34. The maximum atomic E-state index is 13.3. The first-order valence-electron chi connectivity index (χ1n) is 12.0. The summed E-state index contributed by atoms with van der Waals surface area (Å²) in [5, 5.41) is 12.0. The largest absolute Gasteiger partial charge is 0.507 e. The van der Waals surface area contributed by atoms with Gasteiger partial charge in [-0.3, -0.25) is 14.5 Å². The Hall–Kier alpha value is -2.58. The fourth-order valence-electron chi connectivity index (χ4n) is 4.36. The molecule has 2 aliphatic rings. The maximum absolute atomic E-state index is 13.3. The zero-order chi connectivity index (χ0) is 25.8. The van der Waals surface area contributed by atoms with E-state index in [4.69, 9.17) is 32.7 Å². The third kappa shape index (κ3) is 5.86. The van der Waals surface area contributed by atoms with E-state index < -0.39 is 17.7 Å². The van der Waals surface area contributed by atoms with Crippen molar-refractivity contribution in [2.75, 3.05) is 46.0 Å². The third-order valence-electron chi connectivity index (χ3n) is 6.27. The Balaban J connectivity index is 1.70. The first-order valence-corrected chi connectivity index (χ1v) is 12.8. The van der Waals surface area contributed by atoms with Crippen LogP contribution in [0.4, 0.5) is 0 Å². The number of ketones is 1. The van der Waals surface area contributed by atoms with E-state index in [0.717, 1.165) is 13.1 Å². The predicted molar refractivity (Wildman–Crippen MR) is 140 cm³/mol. The minimum absolute atomic E-state index is 0.00190. The van der Waals surface area contributed by atoms with Gasteiger partial charge in [-0.05, 0) is 47.9 Å². The number of rotatable bonds is 8. The molecule has 1 amide bonds. The highest BCUT2D eigenvalue weighted by Gasteiger charge is 2.46. The van der Waals surface area contributed by atoms with E-state index in [0.29, 0.717) is 65.7 Å². The lowest BCUT2D eigenvalue weighted by atomic mass is 9.95. The molecule has 7 nitrogen and oxygen atoms in total. The number of morpholine rings is 1. The summed E-state index contributed by atoms with van der Waals surface area (Å²) in [5.41, 5.74) is 0.941. The van der Waals surface area contributed by atoms with Crippen molar-refractivity contribution in [3.05, 3.63) is 69.2 Å². The number of Topliss-reactive ketones (excluding diaryl/α,β-unsaturated/α-hetero) is 1. The first-order chi connectivity index (χ1) is 17.3. The van der Waals surface area contributed by atoms with Gasteiger partial charge in [-0.25, -0.2) is 0 Å². The topological polar surface area (TPSA) is 79.3 Å². The van der Waals surface area contributed by atoms with E-state index in [1.165, 1.54) is 4.90 Å². The molecule has 0 aliphatic carbocycles. The molecule has 2 saturated heterocycles. The summed E-state index contributed by atoms with van der Waals surface area (Å²) < 4.78 is 11.1. The molecule has 2 aromatic carbocycles. The third-order valence-corrected chi connectivity index (χ3v) is 6.83. The van der Waals surface area contributed by atoms with Crippen LogP contribution in [-0.2, 0) is 14.3 Å². The molecule has 1 atom stereocenters. The molecule has 4 rings (SSSR count). The van der Waals surface area contributed by atoms with Gasteiger partial charge in [-0.2, -0.15) is 0 Å². The van der Waals surface area contributed by atoms with Gasteiger partial charge in [0.05, 0.1) is 31.4 Å². The van der Waals surface area contributed by atoms with Crippen molar-refractivity contribution in [3.63, 3.8) is 0 Å². The molecule has 2 fully saturated rings. The standard InChI is InChI=1S/C27H30Cl2N2O5/c1-17(2)16-36-20-6-3-18(4-7-20)25(32)23-24(21-8-5-19(28)15-22(21)29)31(27(34)26(23)33)10-9-30-11-13-35-14-12-30/h3-8,15,17,24,32H,9-14,16H2,1-2H3/b25-23+. The number of benzene rings is 2. The summed E-state index contributed by atoms with van der Waals surface area (Å²) in [5.74, 6) is -0.642. The van der Waals surface area contributed by atoms with Crippen molar-refractivity contribution in [2.45, 2.75) is 19.9 Å². The Bertz CT molecular complexity index is 1140. The number of hydrogen-bond donors (Lipinski definition) is 1. The number of aliphatic hydroxyl groups is 1. The Morgan fingerprint density at radius 3 is 2.42 bits per heavy atom. The zero-order valence-electron chi connectivity index (χ0n) is 20.4. The summed E-state index contributed by atoms with van der Waals surface area (Å²) >= 11 is 12.6. The molecule has 0 spiro atoms. The molecule has 0 bridgehead atoms. The summed E-state index contributed by atoms with van der Waals surface area (Å²) in [7, 11) is 0. The monoisotopic (exact) mass is 532 g/mol. The van der Waals surface area contributed by atoms with Crippen LogP contribution in [0, 0.1) is 5.92 Å². The van der Waals surface area contributed by atoms with Crippen LogP contribution in [0.1, 0.15) is 31.0 Å². The van der Waals surface area contributed by atoms with Crippen LogP contribution in [0.15, 0.2) is 48.0 Å². The SMILES string of the molecule is CC(C)COc1ccc(/C(O)=C2\C(=O)C(=O)N(CCN3CCOCC3)C2c2ccc(Cl)cc2Cl)cc1. The lowest BCUT2D eigenvalue weighted by Crippen LogP contribution is -2.42. The van der Waals surface area contributed by atoms with E-state index in [-0.39, 0.29) is 11.3 Å². The number of ether oxygens (including phenoxy) is 2. The summed E-state index contributed by atoms with van der Waals surface area (Å²) in [6, 6.07) is 10.9. The van der Waals surface area contributed by atoms with Gasteiger partial charge in [0, 0.05) is 41.8 Å². The quantitative estimate of drug-likeness (QED) is 0.299.